The van der Waals surface area contributed by atoms with Crippen molar-refractivity contribution in [2.75, 3.05) is 13.8 Å². The van der Waals surface area contributed by atoms with Crippen molar-refractivity contribution in [1.82, 2.24) is 5.32 Å². The molecule has 0 aromatic heterocycles. The van der Waals surface area contributed by atoms with Crippen LogP contribution in [0.2, 0.25) is 0 Å². The van der Waals surface area contributed by atoms with E-state index in [0.29, 0.717) is 6.73 Å². The number of hydrogen-bond donors (Lipinski definition) is 1. The molecule has 0 saturated heterocycles. The molecule has 0 fully saturated rings. The van der Waals surface area contributed by atoms with Crippen LogP contribution in [0.25, 0.3) is 0 Å². The van der Waals surface area contributed by atoms with Gasteiger partial charge < -0.3 is 10.1 Å². The van der Waals surface area contributed by atoms with Gasteiger partial charge in [0, 0.05) is 12.8 Å². The summed E-state index contributed by atoms with van der Waals surface area (Å²) in [4.78, 5) is 0. The first-order valence-electron chi connectivity index (χ1n) is 2.35. The molecule has 0 aromatic carbocycles. The molecule has 8 heavy (non-hydrogen) atoms. The van der Waals surface area contributed by atoms with Crippen LogP contribution in [0, 0.1) is 0 Å². The highest BCUT2D eigenvalue weighted by Crippen LogP contribution is 1.80. The van der Waals surface area contributed by atoms with E-state index >= 15 is 0 Å². The van der Waals surface area contributed by atoms with Gasteiger partial charge in [0.25, 0.3) is 0 Å². The molecule has 0 spiro atoms. The summed E-state index contributed by atoms with van der Waals surface area (Å²) in [7, 11) is 1.61. The van der Waals surface area contributed by atoms with E-state index in [0.717, 1.165) is 5.70 Å². The molecular formula is C6H11NO. The first-order valence-corrected chi connectivity index (χ1v) is 2.35. The average Bonchev–Trinajstić information content (AvgIpc) is 1.83. The highest BCUT2D eigenvalue weighted by atomic mass is 16.5. The van der Waals surface area contributed by atoms with Crippen LogP contribution in [-0.2, 0) is 4.74 Å². The van der Waals surface area contributed by atoms with Crippen LogP contribution in [0.4, 0.5) is 0 Å². The third kappa shape index (κ3) is 3.43. The van der Waals surface area contributed by atoms with Crippen molar-refractivity contribution in [3.8, 4) is 0 Å². The zero-order valence-electron chi connectivity index (χ0n) is 5.11. The molecule has 0 radical (unpaired) electrons. The van der Waals surface area contributed by atoms with Crippen molar-refractivity contribution in [3.05, 3.63) is 24.9 Å². The van der Waals surface area contributed by atoms with Crippen LogP contribution in [-0.4, -0.2) is 13.8 Å². The zero-order chi connectivity index (χ0) is 6.41. The van der Waals surface area contributed by atoms with Gasteiger partial charge in [-0.05, 0) is 6.08 Å². The maximum atomic E-state index is 4.69. The molecule has 0 unspecified atom stereocenters. The fourth-order valence-electron chi connectivity index (χ4n) is 0.237. The molecule has 46 valence electrons. The van der Waals surface area contributed by atoms with Gasteiger partial charge in [0.1, 0.15) is 6.73 Å². The molecule has 0 saturated carbocycles. The van der Waals surface area contributed by atoms with Crippen molar-refractivity contribution in [1.29, 1.82) is 0 Å². The first kappa shape index (κ1) is 7.24. The van der Waals surface area contributed by atoms with Crippen LogP contribution in [0.5, 0.6) is 0 Å². The number of hydrogen-bond acceptors (Lipinski definition) is 2. The molecule has 0 aliphatic rings. The van der Waals surface area contributed by atoms with Crippen molar-refractivity contribution in [3.63, 3.8) is 0 Å². The largest absolute Gasteiger partial charge is 0.365 e. The van der Waals surface area contributed by atoms with Crippen LogP contribution >= 0.6 is 0 Å². The first-order chi connectivity index (χ1) is 3.81. The summed E-state index contributed by atoms with van der Waals surface area (Å²) < 4.78 is 4.69. The van der Waals surface area contributed by atoms with Crippen molar-refractivity contribution in [2.45, 2.75) is 0 Å². The van der Waals surface area contributed by atoms with Gasteiger partial charge in [-0.15, -0.1) is 0 Å². The van der Waals surface area contributed by atoms with Crippen LogP contribution in [0.3, 0.4) is 0 Å². The predicted molar refractivity (Wildman–Crippen MR) is 34.3 cm³/mol. The minimum atomic E-state index is 0.491. The van der Waals surface area contributed by atoms with E-state index in [4.69, 9.17) is 4.74 Å². The third-order valence-corrected chi connectivity index (χ3v) is 0.690. The van der Waals surface area contributed by atoms with Gasteiger partial charge in [-0.3, -0.25) is 0 Å². The molecule has 0 atom stereocenters. The van der Waals surface area contributed by atoms with Crippen molar-refractivity contribution in [2.24, 2.45) is 0 Å². The van der Waals surface area contributed by atoms with Gasteiger partial charge >= 0.3 is 0 Å². The molecule has 0 aromatic rings. The zero-order valence-corrected chi connectivity index (χ0v) is 5.11. The quantitative estimate of drug-likeness (QED) is 0.431. The summed E-state index contributed by atoms with van der Waals surface area (Å²) in [6.07, 6.45) is 1.64. The second-order valence-electron chi connectivity index (χ2n) is 1.34. The van der Waals surface area contributed by atoms with Gasteiger partial charge in [0.05, 0.1) is 0 Å². The minimum absolute atomic E-state index is 0.491. The van der Waals surface area contributed by atoms with Gasteiger partial charge in [-0.2, -0.15) is 0 Å². The lowest BCUT2D eigenvalue weighted by atomic mass is 10.5. The maximum Gasteiger partial charge on any atom is 0.116 e. The second-order valence-corrected chi connectivity index (χ2v) is 1.34. The Kier molecular flexibility index (Phi) is 3.98. The summed E-state index contributed by atoms with van der Waals surface area (Å²) >= 11 is 0. The Labute approximate surface area is 49.8 Å². The Morgan fingerprint density at radius 2 is 2.50 bits per heavy atom. The third-order valence-electron chi connectivity index (χ3n) is 0.690. The number of nitrogens with one attached hydrogen (secondary N) is 1. The fourth-order valence-corrected chi connectivity index (χ4v) is 0.237. The Bertz CT molecular complexity index is 88.5. The summed E-state index contributed by atoms with van der Waals surface area (Å²) in [6, 6.07) is 0. The van der Waals surface area contributed by atoms with E-state index in [9.17, 15) is 0 Å². The molecule has 0 amide bonds. The monoisotopic (exact) mass is 113 g/mol. The molecule has 2 heteroatoms. The van der Waals surface area contributed by atoms with Crippen molar-refractivity contribution >= 4 is 0 Å². The second kappa shape index (κ2) is 4.40. The molecular weight excluding hydrogens is 102 g/mol. The smallest absolute Gasteiger partial charge is 0.116 e. The summed E-state index contributed by atoms with van der Waals surface area (Å²) in [5.74, 6) is 0. The van der Waals surface area contributed by atoms with Crippen LogP contribution in [0.1, 0.15) is 0 Å². The maximum absolute atomic E-state index is 4.69. The number of methoxy groups -OCH3 is 1. The average molecular weight is 113 g/mol. The van der Waals surface area contributed by atoms with Gasteiger partial charge in [0.15, 0.2) is 0 Å². The molecule has 1 N–H and O–H groups in total. The lowest BCUT2D eigenvalue weighted by molar-refractivity contribution is 0.185. The lowest BCUT2D eigenvalue weighted by Gasteiger charge is -2.00. The predicted octanol–water partition coefficient (Wildman–Crippen LogP) is 0.880. The SMILES string of the molecule is C=CC(=C)NCOC. The van der Waals surface area contributed by atoms with Gasteiger partial charge in [0.2, 0.25) is 0 Å². The van der Waals surface area contributed by atoms with Crippen LogP contribution in [0.15, 0.2) is 24.9 Å². The molecule has 0 heterocycles. The van der Waals surface area contributed by atoms with E-state index in [1.165, 1.54) is 0 Å². The van der Waals surface area contributed by atoms with Gasteiger partial charge in [-0.25, -0.2) is 0 Å². The molecule has 0 aliphatic carbocycles. The normalized spacial score (nSPS) is 8.12. The minimum Gasteiger partial charge on any atom is -0.365 e. The fraction of sp³-hybridized carbons (Fsp3) is 0.333. The van der Waals surface area contributed by atoms with Gasteiger partial charge in [-0.1, -0.05) is 13.2 Å². The van der Waals surface area contributed by atoms with E-state index in [1.807, 2.05) is 0 Å². The number of allylic oxidation sites excluding steroid dienone is 1. The highest BCUT2D eigenvalue weighted by molar-refractivity contribution is 5.07. The Hall–Kier alpha value is -0.760. The number of rotatable bonds is 4. The topological polar surface area (TPSA) is 21.3 Å². The lowest BCUT2D eigenvalue weighted by Crippen LogP contribution is -2.13. The Morgan fingerprint density at radius 1 is 1.88 bits per heavy atom. The Balaban J connectivity index is 3.11. The van der Waals surface area contributed by atoms with Crippen LogP contribution < -0.4 is 5.32 Å². The standard InChI is InChI=1S/C6H11NO/c1-4-6(2)7-5-8-3/h4,7H,1-2,5H2,3H3. The van der Waals surface area contributed by atoms with E-state index in [1.54, 1.807) is 13.2 Å². The Morgan fingerprint density at radius 3 is 2.88 bits per heavy atom. The van der Waals surface area contributed by atoms with E-state index < -0.39 is 0 Å². The van der Waals surface area contributed by atoms with E-state index in [-0.39, 0.29) is 0 Å². The molecule has 0 bridgehead atoms. The molecule has 0 aliphatic heterocycles. The summed E-state index contributed by atoms with van der Waals surface area (Å²) in [5, 5.41) is 2.85. The summed E-state index contributed by atoms with van der Waals surface area (Å²) in [6.45, 7) is 7.59. The number of ether oxygens (including phenoxy) is 1. The van der Waals surface area contributed by atoms with Crippen molar-refractivity contribution < 1.29 is 4.74 Å². The van der Waals surface area contributed by atoms with E-state index in [2.05, 4.69) is 18.5 Å². The molecule has 2 nitrogen and oxygen atoms in total. The highest BCUT2D eigenvalue weighted by Gasteiger charge is 1.79. The summed E-state index contributed by atoms with van der Waals surface area (Å²) in [5.41, 5.74) is 0.784. The molecule has 0 rings (SSSR count).